The topological polar surface area (TPSA) is 59.5 Å². The highest BCUT2D eigenvalue weighted by molar-refractivity contribution is 5.85. The molecule has 0 saturated carbocycles. The zero-order chi connectivity index (χ0) is 13.7. The number of carbonyl (C=O) groups excluding carboxylic acids is 1. The Kier molecular flexibility index (Phi) is 6.28. The third-order valence-corrected chi connectivity index (χ3v) is 3.07. The van der Waals surface area contributed by atoms with E-state index >= 15 is 0 Å². The van der Waals surface area contributed by atoms with Gasteiger partial charge in [0.05, 0.1) is 12.5 Å². The van der Waals surface area contributed by atoms with Crippen molar-refractivity contribution < 1.29 is 9.21 Å². The van der Waals surface area contributed by atoms with Gasteiger partial charge in [0.2, 0.25) is 5.91 Å². The van der Waals surface area contributed by atoms with Gasteiger partial charge in [0.25, 0.3) is 0 Å². The minimum atomic E-state index is -0.618. The summed E-state index contributed by atoms with van der Waals surface area (Å²) >= 11 is 0. The molecule has 4 nitrogen and oxygen atoms in total. The van der Waals surface area contributed by atoms with E-state index in [0.717, 1.165) is 11.1 Å². The summed E-state index contributed by atoms with van der Waals surface area (Å²) < 4.78 is 5.02. The maximum absolute atomic E-state index is 12.4. The Morgan fingerprint density at radius 1 is 1.30 bits per heavy atom. The van der Waals surface area contributed by atoms with Crippen LogP contribution in [0.1, 0.15) is 24.1 Å². The summed E-state index contributed by atoms with van der Waals surface area (Å²) in [6.45, 7) is 3.08. The smallest absolute Gasteiger partial charge is 0.244 e. The molecule has 0 aliphatic heterocycles. The molecule has 1 unspecified atom stereocenters. The van der Waals surface area contributed by atoms with Crippen molar-refractivity contribution in [1.29, 1.82) is 0 Å². The predicted molar refractivity (Wildman–Crippen MR) is 80.4 cm³/mol. The Hall–Kier alpha value is -1.78. The first-order valence-corrected chi connectivity index (χ1v) is 6.32. The van der Waals surface area contributed by atoms with Crippen LogP contribution in [0.2, 0.25) is 0 Å². The Morgan fingerprint density at radius 3 is 2.55 bits per heavy atom. The first-order valence-electron chi connectivity index (χ1n) is 6.32. The van der Waals surface area contributed by atoms with Crippen LogP contribution in [0, 0.1) is 0 Å². The van der Waals surface area contributed by atoms with E-state index in [2.05, 4.69) is 0 Å². The number of furan rings is 1. The lowest BCUT2D eigenvalue weighted by molar-refractivity contribution is -0.133. The number of hydrogen-bond acceptors (Lipinski definition) is 3. The van der Waals surface area contributed by atoms with E-state index in [-0.39, 0.29) is 18.3 Å². The highest BCUT2D eigenvalue weighted by Gasteiger charge is 2.21. The van der Waals surface area contributed by atoms with Gasteiger partial charge >= 0.3 is 0 Å². The lowest BCUT2D eigenvalue weighted by Gasteiger charge is -2.24. The Bertz CT molecular complexity index is 514. The van der Waals surface area contributed by atoms with Crippen molar-refractivity contribution in [2.24, 2.45) is 5.73 Å². The van der Waals surface area contributed by atoms with Crippen molar-refractivity contribution in [1.82, 2.24) is 4.90 Å². The Labute approximate surface area is 125 Å². The molecule has 0 radical (unpaired) electrons. The zero-order valence-electron chi connectivity index (χ0n) is 11.4. The predicted octanol–water partition coefficient (Wildman–Crippen LogP) is 2.75. The molecule has 5 heteroatoms. The van der Waals surface area contributed by atoms with E-state index in [1.807, 2.05) is 43.3 Å². The second-order valence-electron chi connectivity index (χ2n) is 4.37. The molecule has 1 aromatic carbocycles. The van der Waals surface area contributed by atoms with E-state index in [0.29, 0.717) is 13.1 Å². The summed E-state index contributed by atoms with van der Waals surface area (Å²) in [5, 5.41) is 0. The number of carbonyl (C=O) groups is 1. The van der Waals surface area contributed by atoms with Crippen LogP contribution in [0.15, 0.2) is 53.3 Å². The maximum Gasteiger partial charge on any atom is 0.244 e. The summed E-state index contributed by atoms with van der Waals surface area (Å²) in [5.41, 5.74) is 7.83. The number of hydrogen-bond donors (Lipinski definition) is 1. The van der Waals surface area contributed by atoms with E-state index in [9.17, 15) is 4.79 Å². The SMILES string of the molecule is CCN(Cc1ccoc1)C(=O)C(N)c1ccccc1.Cl. The average molecular weight is 295 g/mol. The summed E-state index contributed by atoms with van der Waals surface area (Å²) in [6.07, 6.45) is 3.24. The molecule has 1 atom stereocenters. The van der Waals surface area contributed by atoms with Crippen LogP contribution in [-0.2, 0) is 11.3 Å². The van der Waals surface area contributed by atoms with Gasteiger partial charge in [0.15, 0.2) is 0 Å². The molecular weight excluding hydrogens is 276 g/mol. The number of nitrogens with zero attached hydrogens (tertiary/aromatic N) is 1. The Balaban J connectivity index is 0.00000200. The molecule has 0 aliphatic carbocycles. The summed E-state index contributed by atoms with van der Waals surface area (Å²) in [4.78, 5) is 14.1. The van der Waals surface area contributed by atoms with Gasteiger partial charge in [-0.2, -0.15) is 0 Å². The van der Waals surface area contributed by atoms with Crippen LogP contribution >= 0.6 is 12.4 Å². The number of amides is 1. The van der Waals surface area contributed by atoms with Crippen molar-refractivity contribution in [3.63, 3.8) is 0 Å². The highest BCUT2D eigenvalue weighted by Crippen LogP contribution is 2.15. The minimum Gasteiger partial charge on any atom is -0.472 e. The van der Waals surface area contributed by atoms with Gasteiger partial charge < -0.3 is 15.1 Å². The van der Waals surface area contributed by atoms with Gasteiger partial charge in [-0.1, -0.05) is 30.3 Å². The van der Waals surface area contributed by atoms with Gasteiger partial charge in [-0.15, -0.1) is 12.4 Å². The molecule has 0 saturated heterocycles. The molecule has 2 aromatic rings. The van der Waals surface area contributed by atoms with Gasteiger partial charge in [-0.25, -0.2) is 0 Å². The first kappa shape index (κ1) is 16.3. The maximum atomic E-state index is 12.4. The first-order chi connectivity index (χ1) is 9.22. The van der Waals surface area contributed by atoms with E-state index in [4.69, 9.17) is 10.2 Å². The van der Waals surface area contributed by atoms with Crippen LogP contribution in [0.25, 0.3) is 0 Å². The Morgan fingerprint density at radius 2 is 2.00 bits per heavy atom. The third kappa shape index (κ3) is 3.85. The van der Waals surface area contributed by atoms with E-state index < -0.39 is 6.04 Å². The molecule has 1 aromatic heterocycles. The summed E-state index contributed by atoms with van der Waals surface area (Å²) in [7, 11) is 0. The number of rotatable bonds is 5. The molecule has 2 rings (SSSR count). The van der Waals surface area contributed by atoms with Gasteiger partial charge in [-0.3, -0.25) is 4.79 Å². The fourth-order valence-electron chi connectivity index (χ4n) is 1.95. The minimum absolute atomic E-state index is 0. The quantitative estimate of drug-likeness (QED) is 0.922. The van der Waals surface area contributed by atoms with Crippen LogP contribution in [0.5, 0.6) is 0 Å². The molecule has 0 aliphatic rings. The molecule has 0 bridgehead atoms. The average Bonchev–Trinajstić information content (AvgIpc) is 2.97. The number of halogens is 1. The largest absolute Gasteiger partial charge is 0.472 e. The molecule has 0 fully saturated rings. The molecule has 20 heavy (non-hydrogen) atoms. The number of likely N-dealkylation sites (N-methyl/N-ethyl adjacent to an activating group) is 1. The molecule has 1 amide bonds. The fourth-order valence-corrected chi connectivity index (χ4v) is 1.95. The van der Waals surface area contributed by atoms with E-state index in [1.54, 1.807) is 17.4 Å². The molecule has 0 spiro atoms. The molecule has 2 N–H and O–H groups in total. The zero-order valence-corrected chi connectivity index (χ0v) is 12.2. The van der Waals surface area contributed by atoms with Gasteiger partial charge in [0, 0.05) is 18.7 Å². The second kappa shape index (κ2) is 7.72. The normalized spacial score (nSPS) is 11.5. The van der Waals surface area contributed by atoms with Gasteiger partial charge in [0.1, 0.15) is 6.04 Å². The monoisotopic (exact) mass is 294 g/mol. The molecule has 108 valence electrons. The lowest BCUT2D eigenvalue weighted by Crippen LogP contribution is -2.37. The van der Waals surface area contributed by atoms with Crippen molar-refractivity contribution in [2.75, 3.05) is 6.54 Å². The number of nitrogens with two attached hydrogens (primary N) is 1. The second-order valence-corrected chi connectivity index (χ2v) is 4.37. The summed E-state index contributed by atoms with van der Waals surface area (Å²) in [6, 6.07) is 10.6. The van der Waals surface area contributed by atoms with E-state index in [1.165, 1.54) is 0 Å². The standard InChI is InChI=1S/C15H18N2O2.ClH/c1-2-17(10-12-8-9-19-11-12)15(18)14(16)13-6-4-3-5-7-13;/h3-9,11,14H,2,10,16H2,1H3;1H. The molecular formula is C15H19ClN2O2. The lowest BCUT2D eigenvalue weighted by atomic mass is 10.1. The summed E-state index contributed by atoms with van der Waals surface area (Å²) in [5.74, 6) is -0.0742. The van der Waals surface area contributed by atoms with Crippen LogP contribution in [-0.4, -0.2) is 17.4 Å². The van der Waals surface area contributed by atoms with Crippen LogP contribution in [0.4, 0.5) is 0 Å². The third-order valence-electron chi connectivity index (χ3n) is 3.07. The molecule has 1 heterocycles. The fraction of sp³-hybridized carbons (Fsp3) is 0.267. The van der Waals surface area contributed by atoms with Crippen molar-refractivity contribution in [3.05, 3.63) is 60.1 Å². The van der Waals surface area contributed by atoms with Crippen molar-refractivity contribution in [3.8, 4) is 0 Å². The van der Waals surface area contributed by atoms with Crippen LogP contribution in [0.3, 0.4) is 0 Å². The van der Waals surface area contributed by atoms with Crippen LogP contribution < -0.4 is 5.73 Å². The van der Waals surface area contributed by atoms with Crippen molar-refractivity contribution >= 4 is 18.3 Å². The highest BCUT2D eigenvalue weighted by atomic mass is 35.5. The van der Waals surface area contributed by atoms with Crippen molar-refractivity contribution in [2.45, 2.75) is 19.5 Å². The number of benzene rings is 1. The van der Waals surface area contributed by atoms with Gasteiger partial charge in [-0.05, 0) is 18.6 Å².